The van der Waals surface area contributed by atoms with Crippen molar-refractivity contribution in [1.82, 2.24) is 20.2 Å². The van der Waals surface area contributed by atoms with E-state index in [9.17, 15) is 9.59 Å². The van der Waals surface area contributed by atoms with Gasteiger partial charge in [0.05, 0.1) is 16.5 Å². The van der Waals surface area contributed by atoms with Gasteiger partial charge in [0.25, 0.3) is 0 Å². The average molecular weight is 495 g/mol. The molecule has 0 spiro atoms. The zero-order valence-corrected chi connectivity index (χ0v) is 19.5. The van der Waals surface area contributed by atoms with E-state index in [4.69, 9.17) is 16.3 Å². The number of amides is 2. The van der Waals surface area contributed by atoms with Gasteiger partial charge in [-0.15, -0.1) is 5.10 Å². The van der Waals surface area contributed by atoms with Crippen LogP contribution in [0.15, 0.2) is 78.0 Å². The number of halogens is 1. The predicted octanol–water partition coefficient (Wildman–Crippen LogP) is 4.80. The van der Waals surface area contributed by atoms with Gasteiger partial charge in [-0.2, -0.15) is 4.68 Å². The van der Waals surface area contributed by atoms with E-state index in [2.05, 4.69) is 26.2 Å². The minimum atomic E-state index is -0.216. The standard InChI is InChI=1S/C23H19ClN6O3S/c1-15(31)25-17-5-4-6-18(13-17)30-23(27-28-29-30)34-14-22(32)26-16-9-11-19(12-10-16)33-21-8-3-2-7-20(21)24/h2-13H,14H2,1H3,(H,25,31)(H,26,32). The molecule has 1 heterocycles. The van der Waals surface area contributed by atoms with Crippen LogP contribution in [0.2, 0.25) is 5.02 Å². The highest BCUT2D eigenvalue weighted by Crippen LogP contribution is 2.29. The first-order valence-corrected chi connectivity index (χ1v) is 11.5. The van der Waals surface area contributed by atoms with Crippen LogP contribution in [0.1, 0.15) is 6.92 Å². The summed E-state index contributed by atoms with van der Waals surface area (Å²) in [5.41, 5.74) is 1.91. The summed E-state index contributed by atoms with van der Waals surface area (Å²) < 4.78 is 7.26. The molecule has 2 N–H and O–H groups in total. The van der Waals surface area contributed by atoms with Crippen molar-refractivity contribution in [1.29, 1.82) is 0 Å². The van der Waals surface area contributed by atoms with Gasteiger partial charge in [-0.3, -0.25) is 9.59 Å². The van der Waals surface area contributed by atoms with Crippen LogP contribution in [-0.4, -0.2) is 37.8 Å². The second kappa shape index (κ2) is 10.8. The number of hydrogen-bond donors (Lipinski definition) is 2. The van der Waals surface area contributed by atoms with Crippen LogP contribution < -0.4 is 15.4 Å². The van der Waals surface area contributed by atoms with Gasteiger partial charge in [0.15, 0.2) is 0 Å². The molecule has 0 radical (unpaired) electrons. The van der Waals surface area contributed by atoms with Crippen molar-refractivity contribution >= 4 is 46.6 Å². The Kier molecular flexibility index (Phi) is 7.41. The van der Waals surface area contributed by atoms with Gasteiger partial charge < -0.3 is 15.4 Å². The van der Waals surface area contributed by atoms with Crippen molar-refractivity contribution in [2.75, 3.05) is 16.4 Å². The molecule has 0 aliphatic carbocycles. The molecule has 0 aliphatic heterocycles. The molecular formula is C23H19ClN6O3S. The number of hydrogen-bond acceptors (Lipinski definition) is 7. The zero-order chi connectivity index (χ0) is 23.9. The number of rotatable bonds is 8. The lowest BCUT2D eigenvalue weighted by atomic mass is 10.3. The van der Waals surface area contributed by atoms with E-state index in [1.54, 1.807) is 60.7 Å². The first kappa shape index (κ1) is 23.3. The van der Waals surface area contributed by atoms with Crippen LogP contribution in [-0.2, 0) is 9.59 Å². The number of para-hydroxylation sites is 1. The average Bonchev–Trinajstić information content (AvgIpc) is 3.29. The second-order valence-electron chi connectivity index (χ2n) is 7.00. The third-order valence-corrected chi connectivity index (χ3v) is 5.62. The molecule has 172 valence electrons. The van der Waals surface area contributed by atoms with E-state index >= 15 is 0 Å². The predicted molar refractivity (Wildman–Crippen MR) is 131 cm³/mol. The minimum absolute atomic E-state index is 0.101. The molecule has 0 atom stereocenters. The number of nitrogens with zero attached hydrogens (tertiary/aromatic N) is 4. The normalized spacial score (nSPS) is 10.5. The summed E-state index contributed by atoms with van der Waals surface area (Å²) in [6.45, 7) is 1.43. The molecule has 1 aromatic heterocycles. The molecule has 0 fully saturated rings. The van der Waals surface area contributed by atoms with Gasteiger partial charge in [0.1, 0.15) is 11.5 Å². The SMILES string of the molecule is CC(=O)Nc1cccc(-n2nnnc2SCC(=O)Nc2ccc(Oc3ccccc3Cl)cc2)c1. The lowest BCUT2D eigenvalue weighted by molar-refractivity contribution is -0.114. The summed E-state index contributed by atoms with van der Waals surface area (Å²) in [6, 6.07) is 21.3. The highest BCUT2D eigenvalue weighted by Gasteiger charge is 2.13. The molecule has 11 heteroatoms. The molecule has 2 amide bonds. The molecule has 4 rings (SSSR count). The monoisotopic (exact) mass is 494 g/mol. The van der Waals surface area contributed by atoms with E-state index in [0.29, 0.717) is 38.7 Å². The number of nitrogens with one attached hydrogen (secondary N) is 2. The fourth-order valence-corrected chi connectivity index (χ4v) is 3.80. The Morgan fingerprint density at radius 3 is 2.56 bits per heavy atom. The highest BCUT2D eigenvalue weighted by atomic mass is 35.5. The number of thioether (sulfide) groups is 1. The Labute approximate surface area is 204 Å². The Morgan fingerprint density at radius 1 is 1.00 bits per heavy atom. The molecule has 4 aromatic rings. The molecule has 0 saturated carbocycles. The summed E-state index contributed by atoms with van der Waals surface area (Å²) in [7, 11) is 0. The van der Waals surface area contributed by atoms with Crippen LogP contribution in [0.3, 0.4) is 0 Å². The molecule has 0 bridgehead atoms. The van der Waals surface area contributed by atoms with Gasteiger partial charge in [0, 0.05) is 18.3 Å². The van der Waals surface area contributed by atoms with E-state index in [1.165, 1.54) is 23.4 Å². The third kappa shape index (κ3) is 6.12. The molecule has 9 nitrogen and oxygen atoms in total. The summed E-state index contributed by atoms with van der Waals surface area (Å²) in [5.74, 6) is 0.859. The van der Waals surface area contributed by atoms with Crippen LogP contribution in [0.4, 0.5) is 11.4 Å². The fraction of sp³-hybridized carbons (Fsp3) is 0.0870. The Bertz CT molecular complexity index is 1310. The van der Waals surface area contributed by atoms with Gasteiger partial charge in [-0.25, -0.2) is 0 Å². The van der Waals surface area contributed by atoms with Gasteiger partial charge in [-0.1, -0.05) is 41.6 Å². The number of carbonyl (C=O) groups is 2. The number of benzene rings is 3. The molecular weight excluding hydrogens is 476 g/mol. The maximum Gasteiger partial charge on any atom is 0.234 e. The number of ether oxygens (including phenoxy) is 1. The second-order valence-corrected chi connectivity index (χ2v) is 8.35. The smallest absolute Gasteiger partial charge is 0.234 e. The summed E-state index contributed by atoms with van der Waals surface area (Å²) in [4.78, 5) is 23.7. The Morgan fingerprint density at radius 2 is 1.79 bits per heavy atom. The molecule has 0 aliphatic rings. The van der Waals surface area contributed by atoms with E-state index < -0.39 is 0 Å². The highest BCUT2D eigenvalue weighted by molar-refractivity contribution is 7.99. The maximum absolute atomic E-state index is 12.4. The van der Waals surface area contributed by atoms with Crippen LogP contribution >= 0.6 is 23.4 Å². The van der Waals surface area contributed by atoms with E-state index in [-0.39, 0.29) is 17.6 Å². The number of aromatic nitrogens is 4. The van der Waals surface area contributed by atoms with Gasteiger partial charge in [0.2, 0.25) is 17.0 Å². The third-order valence-electron chi connectivity index (χ3n) is 4.39. The first-order valence-electron chi connectivity index (χ1n) is 10.1. The lowest BCUT2D eigenvalue weighted by Crippen LogP contribution is -2.14. The van der Waals surface area contributed by atoms with E-state index in [0.717, 1.165) is 0 Å². The molecule has 34 heavy (non-hydrogen) atoms. The van der Waals surface area contributed by atoms with Gasteiger partial charge >= 0.3 is 0 Å². The summed E-state index contributed by atoms with van der Waals surface area (Å²) in [6.07, 6.45) is 0. The number of anilines is 2. The molecule has 3 aromatic carbocycles. The fourth-order valence-electron chi connectivity index (χ4n) is 2.94. The first-order chi connectivity index (χ1) is 16.5. The van der Waals surface area contributed by atoms with Crippen molar-refractivity contribution in [3.63, 3.8) is 0 Å². The van der Waals surface area contributed by atoms with Gasteiger partial charge in [-0.05, 0) is 65.0 Å². The molecule has 0 saturated heterocycles. The summed E-state index contributed by atoms with van der Waals surface area (Å²) >= 11 is 7.30. The van der Waals surface area contributed by atoms with Crippen molar-refractivity contribution in [2.24, 2.45) is 0 Å². The van der Waals surface area contributed by atoms with Crippen molar-refractivity contribution in [3.8, 4) is 17.2 Å². The van der Waals surface area contributed by atoms with Crippen LogP contribution in [0.25, 0.3) is 5.69 Å². The van der Waals surface area contributed by atoms with Crippen molar-refractivity contribution in [2.45, 2.75) is 12.1 Å². The quantitative estimate of drug-likeness (QED) is 0.338. The Hall–Kier alpha value is -3.89. The van der Waals surface area contributed by atoms with Crippen molar-refractivity contribution in [3.05, 3.63) is 77.8 Å². The number of tetrazole rings is 1. The molecule has 0 unspecified atom stereocenters. The minimum Gasteiger partial charge on any atom is -0.456 e. The Balaban J connectivity index is 1.34. The largest absolute Gasteiger partial charge is 0.456 e. The lowest BCUT2D eigenvalue weighted by Gasteiger charge is -2.09. The van der Waals surface area contributed by atoms with Crippen molar-refractivity contribution < 1.29 is 14.3 Å². The topological polar surface area (TPSA) is 111 Å². The number of carbonyl (C=O) groups excluding carboxylic acids is 2. The van der Waals surface area contributed by atoms with E-state index in [1.807, 2.05) is 12.1 Å². The summed E-state index contributed by atoms with van der Waals surface area (Å²) in [5, 5.41) is 18.2. The zero-order valence-electron chi connectivity index (χ0n) is 17.9. The van der Waals surface area contributed by atoms with Crippen LogP contribution in [0.5, 0.6) is 11.5 Å². The van der Waals surface area contributed by atoms with Crippen LogP contribution in [0, 0.1) is 0 Å². The maximum atomic E-state index is 12.4.